The van der Waals surface area contributed by atoms with Gasteiger partial charge >= 0.3 is 0 Å². The molecule has 3 aliphatic rings. The number of anilines is 1. The highest BCUT2D eigenvalue weighted by Gasteiger charge is 2.12. The third kappa shape index (κ3) is 15.7. The summed E-state index contributed by atoms with van der Waals surface area (Å²) in [6, 6.07) is 21.3. The number of non-ortho nitro benzene ring substituents is 2. The number of nitrogens with one attached hydrogen (secondary N) is 1. The first kappa shape index (κ1) is 37.9. The van der Waals surface area contributed by atoms with E-state index in [2.05, 4.69) is 27.2 Å². The van der Waals surface area contributed by atoms with E-state index in [-0.39, 0.29) is 16.3 Å². The van der Waals surface area contributed by atoms with Crippen LogP contribution >= 0.6 is 11.6 Å². The van der Waals surface area contributed by atoms with Crippen molar-refractivity contribution in [3.63, 3.8) is 0 Å². The van der Waals surface area contributed by atoms with Crippen molar-refractivity contribution in [2.75, 3.05) is 45.0 Å². The standard InChI is InChI=1S/C12H16N2O2.C12H18N2.C7H6ClNO2.C5H11N/c15-14(16)12-6-4-11(5-7-12)10-13-8-2-1-3-9-13;13-12-6-4-11(5-7-12)10-14-8-2-1-3-9-14;8-5-6-1-3-7(4-2-6)9(10)11;1-2-4-6-5-3-1/h4-7H,1-3,8-10H2;4-7H,1-3,8-10,13H2;1-4H,5H2;6H,1-5H2. The van der Waals surface area contributed by atoms with Crippen molar-refractivity contribution in [1.29, 1.82) is 0 Å². The molecule has 0 amide bonds. The smallest absolute Gasteiger partial charge is 0.269 e. The fourth-order valence-corrected chi connectivity index (χ4v) is 5.78. The molecule has 6 rings (SSSR count). The third-order valence-electron chi connectivity index (χ3n) is 8.35. The Morgan fingerprint density at radius 1 is 0.574 bits per heavy atom. The second kappa shape index (κ2) is 22.1. The predicted molar refractivity (Wildman–Crippen MR) is 192 cm³/mol. The lowest BCUT2D eigenvalue weighted by Crippen LogP contribution is -2.29. The summed E-state index contributed by atoms with van der Waals surface area (Å²) in [4.78, 5) is 24.8. The molecule has 3 aromatic rings. The molecular formula is C36H51ClN6O4. The zero-order chi connectivity index (χ0) is 33.7. The third-order valence-corrected chi connectivity index (χ3v) is 8.65. The summed E-state index contributed by atoms with van der Waals surface area (Å²) in [5.74, 6) is 0.387. The number of rotatable bonds is 7. The molecule has 0 aromatic heterocycles. The van der Waals surface area contributed by atoms with Crippen molar-refractivity contribution in [2.24, 2.45) is 0 Å². The molecule has 3 aromatic carbocycles. The SMILES string of the molecule is C1CCNCC1.Nc1ccc(CN2CCCCC2)cc1.O=[N+]([O-])c1ccc(CCl)cc1.O=[N+]([O-])c1ccc(CN2CCCCC2)cc1. The minimum atomic E-state index is -0.433. The maximum absolute atomic E-state index is 10.5. The van der Waals surface area contributed by atoms with Crippen LogP contribution in [0.3, 0.4) is 0 Å². The van der Waals surface area contributed by atoms with Crippen LogP contribution in [0.5, 0.6) is 0 Å². The minimum Gasteiger partial charge on any atom is -0.399 e. The summed E-state index contributed by atoms with van der Waals surface area (Å²) < 4.78 is 0. The van der Waals surface area contributed by atoms with Gasteiger partial charge in [0.2, 0.25) is 0 Å². The monoisotopic (exact) mass is 666 g/mol. The zero-order valence-corrected chi connectivity index (χ0v) is 28.3. The van der Waals surface area contributed by atoms with E-state index in [0.29, 0.717) is 5.88 Å². The van der Waals surface area contributed by atoms with Gasteiger partial charge in [0.1, 0.15) is 0 Å². The van der Waals surface area contributed by atoms with Gasteiger partial charge in [0, 0.05) is 48.9 Å². The Morgan fingerprint density at radius 3 is 1.26 bits per heavy atom. The molecule has 0 bridgehead atoms. The fourth-order valence-electron chi connectivity index (χ4n) is 5.61. The first-order valence-electron chi connectivity index (χ1n) is 16.9. The summed E-state index contributed by atoms with van der Waals surface area (Å²) in [6.07, 6.45) is 12.2. The van der Waals surface area contributed by atoms with Crippen molar-refractivity contribution in [2.45, 2.75) is 76.8 Å². The van der Waals surface area contributed by atoms with E-state index >= 15 is 0 Å². The van der Waals surface area contributed by atoms with Gasteiger partial charge in [-0.2, -0.15) is 0 Å². The van der Waals surface area contributed by atoms with Gasteiger partial charge in [-0.25, -0.2) is 0 Å². The highest BCUT2D eigenvalue weighted by atomic mass is 35.5. The Labute approximate surface area is 284 Å². The largest absolute Gasteiger partial charge is 0.399 e. The summed E-state index contributed by atoms with van der Waals surface area (Å²) in [5.41, 5.74) is 10.2. The number of piperidine rings is 3. The first-order valence-corrected chi connectivity index (χ1v) is 17.4. The summed E-state index contributed by atoms with van der Waals surface area (Å²) in [6.45, 7) is 9.31. The normalized spacial score (nSPS) is 16.6. The fraction of sp³-hybridized carbons (Fsp3) is 0.500. The van der Waals surface area contributed by atoms with Crippen LogP contribution in [0, 0.1) is 20.2 Å². The van der Waals surface area contributed by atoms with Crippen molar-refractivity contribution in [1.82, 2.24) is 15.1 Å². The second-order valence-corrected chi connectivity index (χ2v) is 12.5. The van der Waals surface area contributed by atoms with E-state index in [1.807, 2.05) is 24.3 Å². The lowest BCUT2D eigenvalue weighted by Gasteiger charge is -2.26. The molecule has 0 atom stereocenters. The number of nitrogen functional groups attached to an aromatic ring is 1. The van der Waals surface area contributed by atoms with Gasteiger partial charge in [-0.1, -0.05) is 55.7 Å². The lowest BCUT2D eigenvalue weighted by molar-refractivity contribution is -0.385. The van der Waals surface area contributed by atoms with Crippen molar-refractivity contribution in [3.8, 4) is 0 Å². The molecule has 10 nitrogen and oxygen atoms in total. The van der Waals surface area contributed by atoms with Gasteiger partial charge in [0.15, 0.2) is 0 Å². The van der Waals surface area contributed by atoms with Gasteiger partial charge < -0.3 is 11.1 Å². The molecule has 3 fully saturated rings. The van der Waals surface area contributed by atoms with E-state index in [1.54, 1.807) is 24.3 Å². The molecule has 11 heteroatoms. The lowest BCUT2D eigenvalue weighted by atomic mass is 10.1. The second-order valence-electron chi connectivity index (χ2n) is 12.2. The molecule has 0 saturated carbocycles. The van der Waals surface area contributed by atoms with Crippen LogP contribution in [-0.4, -0.2) is 58.9 Å². The summed E-state index contributed by atoms with van der Waals surface area (Å²) in [5, 5.41) is 24.0. The van der Waals surface area contributed by atoms with Crippen molar-refractivity contribution < 1.29 is 9.85 Å². The Kier molecular flexibility index (Phi) is 17.8. The molecular weight excluding hydrogens is 616 g/mol. The number of nitrogens with two attached hydrogens (primary N) is 1. The van der Waals surface area contributed by atoms with E-state index in [1.165, 1.54) is 102 Å². The van der Waals surface area contributed by atoms with Crippen LogP contribution in [0.15, 0.2) is 72.8 Å². The Balaban J connectivity index is 0.000000178. The predicted octanol–water partition coefficient (Wildman–Crippen LogP) is 7.93. The number of benzene rings is 3. The molecule has 3 saturated heterocycles. The number of nitrogens with zero attached hydrogens (tertiary/aromatic N) is 4. The van der Waals surface area contributed by atoms with Gasteiger partial charge in [0.25, 0.3) is 11.4 Å². The number of hydrogen-bond acceptors (Lipinski definition) is 8. The van der Waals surface area contributed by atoms with E-state index < -0.39 is 4.92 Å². The molecule has 0 unspecified atom stereocenters. The van der Waals surface area contributed by atoms with E-state index in [9.17, 15) is 20.2 Å². The number of nitro benzene ring substituents is 2. The highest BCUT2D eigenvalue weighted by Crippen LogP contribution is 2.17. The minimum absolute atomic E-state index is 0.0962. The number of alkyl halides is 1. The molecule has 256 valence electrons. The van der Waals surface area contributed by atoms with Gasteiger partial charge in [0.05, 0.1) is 9.85 Å². The zero-order valence-electron chi connectivity index (χ0n) is 27.5. The van der Waals surface area contributed by atoms with Crippen molar-refractivity contribution >= 4 is 28.7 Å². The molecule has 47 heavy (non-hydrogen) atoms. The maximum Gasteiger partial charge on any atom is 0.269 e. The summed E-state index contributed by atoms with van der Waals surface area (Å²) in [7, 11) is 0. The van der Waals surface area contributed by atoms with Gasteiger partial charge in [-0.3, -0.25) is 30.0 Å². The van der Waals surface area contributed by atoms with Crippen LogP contribution in [-0.2, 0) is 19.0 Å². The average Bonchev–Trinajstić information content (AvgIpc) is 3.12. The van der Waals surface area contributed by atoms with Crippen molar-refractivity contribution in [3.05, 3.63) is 110 Å². The summed E-state index contributed by atoms with van der Waals surface area (Å²) >= 11 is 5.49. The number of hydrogen-bond donors (Lipinski definition) is 2. The quantitative estimate of drug-likeness (QED) is 0.113. The highest BCUT2D eigenvalue weighted by molar-refractivity contribution is 6.17. The van der Waals surface area contributed by atoms with Crippen LogP contribution in [0.2, 0.25) is 0 Å². The van der Waals surface area contributed by atoms with E-state index in [0.717, 1.165) is 43.0 Å². The number of halogens is 1. The van der Waals surface area contributed by atoms with Crippen LogP contribution in [0.25, 0.3) is 0 Å². The topological polar surface area (TPSA) is 131 Å². The van der Waals surface area contributed by atoms with Crippen LogP contribution in [0.1, 0.15) is 74.5 Å². The maximum atomic E-state index is 10.5. The van der Waals surface area contributed by atoms with Gasteiger partial charge in [-0.15, -0.1) is 11.6 Å². The Bertz CT molecular complexity index is 1280. The molecule has 3 heterocycles. The number of likely N-dealkylation sites (tertiary alicyclic amines) is 2. The average molecular weight is 667 g/mol. The van der Waals surface area contributed by atoms with Crippen LogP contribution < -0.4 is 11.1 Å². The molecule has 0 aliphatic carbocycles. The Morgan fingerprint density at radius 2 is 0.936 bits per heavy atom. The molecule has 0 radical (unpaired) electrons. The molecule has 0 spiro atoms. The molecule has 3 aliphatic heterocycles. The van der Waals surface area contributed by atoms with Gasteiger partial charge in [-0.05, 0) is 107 Å². The Hall–Kier alpha value is -3.57. The van der Waals surface area contributed by atoms with E-state index in [4.69, 9.17) is 17.3 Å². The molecule has 3 N–H and O–H groups in total. The van der Waals surface area contributed by atoms with Crippen LogP contribution in [0.4, 0.5) is 17.1 Å². The number of nitro groups is 2. The first-order chi connectivity index (χ1) is 22.8.